The zero-order chi connectivity index (χ0) is 10.6. The first-order valence-electron chi connectivity index (χ1n) is 4.45. The fourth-order valence-electron chi connectivity index (χ4n) is 0.590. The van der Waals surface area contributed by atoms with Gasteiger partial charge in [-0.1, -0.05) is 56.7 Å². The summed E-state index contributed by atoms with van der Waals surface area (Å²) in [5.41, 5.74) is 2.58. The molecule has 0 aromatic rings. The van der Waals surface area contributed by atoms with Gasteiger partial charge in [-0.25, -0.2) is 0 Å². The number of allylic oxidation sites excluding steroid dienone is 5. The van der Waals surface area contributed by atoms with Gasteiger partial charge in [0.15, 0.2) is 0 Å². The molecule has 0 atom stereocenters. The average molecular weight is 199 g/mol. The number of hydrogen-bond donors (Lipinski definition) is 0. The Morgan fingerprint density at radius 3 is 1.92 bits per heavy atom. The summed E-state index contributed by atoms with van der Waals surface area (Å²) >= 11 is 5.73. The summed E-state index contributed by atoms with van der Waals surface area (Å²) in [7, 11) is 0. The van der Waals surface area contributed by atoms with Crippen LogP contribution < -0.4 is 0 Å². The van der Waals surface area contributed by atoms with Crippen LogP contribution in [0.2, 0.25) is 0 Å². The lowest BCUT2D eigenvalue weighted by Gasteiger charge is -2.18. The van der Waals surface area contributed by atoms with Gasteiger partial charge in [-0.3, -0.25) is 0 Å². The van der Waals surface area contributed by atoms with Gasteiger partial charge in [-0.15, -0.1) is 0 Å². The molecule has 0 saturated carbocycles. The fraction of sp³-hybridized carbons (Fsp3) is 0.500. The number of hydrogen-bond acceptors (Lipinski definition) is 0. The molecule has 0 spiro atoms. The quantitative estimate of drug-likeness (QED) is 0.566. The Labute approximate surface area is 87.0 Å². The molecule has 0 bridgehead atoms. The Balaban J connectivity index is 4.61. The first-order chi connectivity index (χ1) is 5.75. The van der Waals surface area contributed by atoms with Crippen molar-refractivity contribution in [3.63, 3.8) is 0 Å². The molecule has 0 unspecified atom stereocenters. The zero-order valence-electron chi connectivity index (χ0n) is 9.24. The third kappa shape index (κ3) is 4.94. The monoisotopic (exact) mass is 198 g/mol. The van der Waals surface area contributed by atoms with Crippen LogP contribution in [0, 0.1) is 5.41 Å². The van der Waals surface area contributed by atoms with E-state index in [1.165, 1.54) is 5.57 Å². The summed E-state index contributed by atoms with van der Waals surface area (Å²) < 4.78 is 0. The van der Waals surface area contributed by atoms with Crippen LogP contribution >= 0.6 is 11.6 Å². The minimum atomic E-state index is 0.227. The summed E-state index contributed by atoms with van der Waals surface area (Å²) in [5.74, 6) is 0. The molecule has 0 aliphatic carbocycles. The van der Waals surface area contributed by atoms with Crippen LogP contribution in [-0.4, -0.2) is 0 Å². The SMILES string of the molecule is C=C(Cl)/C(C)=C/C=C(\C)C(C)(C)C. The second-order valence-electron chi connectivity index (χ2n) is 4.35. The lowest BCUT2D eigenvalue weighted by atomic mass is 9.87. The van der Waals surface area contributed by atoms with Crippen molar-refractivity contribution >= 4 is 11.6 Å². The van der Waals surface area contributed by atoms with Gasteiger partial charge in [-0.05, 0) is 24.8 Å². The molecule has 0 fully saturated rings. The number of rotatable bonds is 2. The molecule has 0 nitrogen and oxygen atoms in total. The van der Waals surface area contributed by atoms with E-state index in [9.17, 15) is 0 Å². The van der Waals surface area contributed by atoms with Crippen LogP contribution in [0.3, 0.4) is 0 Å². The minimum absolute atomic E-state index is 0.227. The van der Waals surface area contributed by atoms with Crippen LogP contribution in [0.5, 0.6) is 0 Å². The molecule has 74 valence electrons. The predicted molar refractivity (Wildman–Crippen MR) is 62.0 cm³/mol. The molecule has 0 N–H and O–H groups in total. The van der Waals surface area contributed by atoms with E-state index >= 15 is 0 Å². The van der Waals surface area contributed by atoms with Crippen molar-refractivity contribution in [1.82, 2.24) is 0 Å². The molecule has 13 heavy (non-hydrogen) atoms. The molecule has 0 heterocycles. The molecule has 0 aliphatic rings. The first kappa shape index (κ1) is 12.5. The Morgan fingerprint density at radius 1 is 1.15 bits per heavy atom. The summed E-state index contributed by atoms with van der Waals surface area (Å²) in [6, 6.07) is 0. The Morgan fingerprint density at radius 2 is 1.62 bits per heavy atom. The molecule has 0 aromatic carbocycles. The van der Waals surface area contributed by atoms with Gasteiger partial charge in [0.05, 0.1) is 0 Å². The third-order valence-corrected chi connectivity index (χ3v) is 2.49. The van der Waals surface area contributed by atoms with Crippen LogP contribution in [0.1, 0.15) is 34.6 Å². The molecule has 0 radical (unpaired) electrons. The van der Waals surface area contributed by atoms with Gasteiger partial charge in [0.25, 0.3) is 0 Å². The lowest BCUT2D eigenvalue weighted by Crippen LogP contribution is -2.05. The van der Waals surface area contributed by atoms with Gasteiger partial charge in [0, 0.05) is 5.03 Å². The summed E-state index contributed by atoms with van der Waals surface area (Å²) in [6.07, 6.45) is 4.11. The topological polar surface area (TPSA) is 0 Å². The Kier molecular flexibility index (Phi) is 4.49. The van der Waals surface area contributed by atoms with Gasteiger partial charge in [-0.2, -0.15) is 0 Å². The molecule has 0 amide bonds. The molecule has 0 rings (SSSR count). The Hall–Kier alpha value is -0.490. The summed E-state index contributed by atoms with van der Waals surface area (Å²) in [6.45, 7) is 14.3. The molecule has 0 aliphatic heterocycles. The lowest BCUT2D eigenvalue weighted by molar-refractivity contribution is 0.504. The molecular formula is C12H19Cl. The molecular weight excluding hydrogens is 180 g/mol. The van der Waals surface area contributed by atoms with Crippen molar-refractivity contribution < 1.29 is 0 Å². The van der Waals surface area contributed by atoms with Crippen molar-refractivity contribution in [2.75, 3.05) is 0 Å². The molecule has 1 heteroatoms. The van der Waals surface area contributed by atoms with Crippen LogP contribution in [-0.2, 0) is 0 Å². The van der Waals surface area contributed by atoms with Crippen molar-refractivity contribution in [3.8, 4) is 0 Å². The first-order valence-corrected chi connectivity index (χ1v) is 4.83. The predicted octanol–water partition coefficient (Wildman–Crippen LogP) is 4.68. The maximum atomic E-state index is 5.73. The van der Waals surface area contributed by atoms with Gasteiger partial charge >= 0.3 is 0 Å². The summed E-state index contributed by atoms with van der Waals surface area (Å²) in [5, 5.41) is 0.609. The maximum absolute atomic E-state index is 5.73. The van der Waals surface area contributed by atoms with Gasteiger partial charge in [0.1, 0.15) is 0 Å². The van der Waals surface area contributed by atoms with Crippen molar-refractivity contribution in [2.45, 2.75) is 34.6 Å². The van der Waals surface area contributed by atoms with Gasteiger partial charge < -0.3 is 0 Å². The Bertz CT molecular complexity index is 249. The second-order valence-corrected chi connectivity index (χ2v) is 4.81. The van der Waals surface area contributed by atoms with E-state index < -0.39 is 0 Å². The fourth-order valence-corrected chi connectivity index (χ4v) is 0.653. The zero-order valence-corrected chi connectivity index (χ0v) is 10.00. The van der Waals surface area contributed by atoms with Crippen molar-refractivity contribution in [1.29, 1.82) is 0 Å². The van der Waals surface area contributed by atoms with Gasteiger partial charge in [0.2, 0.25) is 0 Å². The van der Waals surface area contributed by atoms with E-state index in [-0.39, 0.29) is 5.41 Å². The highest BCUT2D eigenvalue weighted by atomic mass is 35.5. The van der Waals surface area contributed by atoms with E-state index in [0.29, 0.717) is 5.03 Å². The standard InChI is InChI=1S/C12H19Cl/c1-9(11(3)13)7-8-10(2)12(4,5)6/h7-8H,3H2,1-2,4-6H3/b9-7+,10-8+. The van der Waals surface area contributed by atoms with E-state index in [1.54, 1.807) is 0 Å². The van der Waals surface area contributed by atoms with E-state index in [1.807, 2.05) is 13.0 Å². The van der Waals surface area contributed by atoms with Crippen molar-refractivity contribution in [2.24, 2.45) is 5.41 Å². The van der Waals surface area contributed by atoms with Crippen molar-refractivity contribution in [3.05, 3.63) is 34.9 Å². The van der Waals surface area contributed by atoms with Crippen LogP contribution in [0.4, 0.5) is 0 Å². The van der Waals surface area contributed by atoms with E-state index in [2.05, 4.69) is 40.3 Å². The third-order valence-electron chi connectivity index (χ3n) is 2.19. The van der Waals surface area contributed by atoms with Crippen LogP contribution in [0.15, 0.2) is 34.9 Å². The minimum Gasteiger partial charge on any atom is -0.0847 e. The van der Waals surface area contributed by atoms with Crippen LogP contribution in [0.25, 0.3) is 0 Å². The number of halogens is 1. The molecule has 0 saturated heterocycles. The highest BCUT2D eigenvalue weighted by molar-refractivity contribution is 6.31. The second kappa shape index (κ2) is 4.66. The average Bonchev–Trinajstić information content (AvgIpc) is 1.97. The van der Waals surface area contributed by atoms with E-state index in [0.717, 1.165) is 5.57 Å². The summed E-state index contributed by atoms with van der Waals surface area (Å²) in [4.78, 5) is 0. The maximum Gasteiger partial charge on any atom is 0.0363 e. The highest BCUT2D eigenvalue weighted by Crippen LogP contribution is 2.24. The smallest absolute Gasteiger partial charge is 0.0363 e. The van der Waals surface area contributed by atoms with E-state index in [4.69, 9.17) is 11.6 Å². The largest absolute Gasteiger partial charge is 0.0847 e. The normalized spacial score (nSPS) is 14.6. The highest BCUT2D eigenvalue weighted by Gasteiger charge is 2.10. The molecule has 0 aromatic heterocycles.